The van der Waals surface area contributed by atoms with Gasteiger partial charge in [-0.2, -0.15) is 5.10 Å². The zero-order chi connectivity index (χ0) is 12.3. The predicted molar refractivity (Wildman–Crippen MR) is 80.7 cm³/mol. The third-order valence-electron chi connectivity index (χ3n) is 2.26. The van der Waals surface area contributed by atoms with Crippen LogP contribution in [0.3, 0.4) is 0 Å². The Morgan fingerprint density at radius 3 is 2.82 bits per heavy atom. The smallest absolute Gasteiger partial charge is 0.205 e. The third-order valence-corrected chi connectivity index (χ3v) is 4.27. The summed E-state index contributed by atoms with van der Waals surface area (Å²) < 4.78 is 3.05. The molecule has 0 spiro atoms. The van der Waals surface area contributed by atoms with Crippen LogP contribution in [0.1, 0.15) is 11.3 Å². The SMILES string of the molecule is CN=c1scc(C)n1/N=C/c1ccccc1I. The molecule has 2 rings (SSSR count). The van der Waals surface area contributed by atoms with Crippen LogP contribution in [0.5, 0.6) is 0 Å². The van der Waals surface area contributed by atoms with Gasteiger partial charge in [-0.05, 0) is 35.6 Å². The van der Waals surface area contributed by atoms with Gasteiger partial charge in [-0.1, -0.05) is 18.2 Å². The van der Waals surface area contributed by atoms with E-state index in [1.54, 1.807) is 18.4 Å². The molecule has 0 saturated carbocycles. The molecule has 0 saturated heterocycles. The van der Waals surface area contributed by atoms with Crippen LogP contribution in [0.4, 0.5) is 0 Å². The van der Waals surface area contributed by atoms with Gasteiger partial charge in [0.25, 0.3) is 0 Å². The number of hydrogen-bond acceptors (Lipinski definition) is 3. The molecule has 0 unspecified atom stereocenters. The maximum Gasteiger partial charge on any atom is 0.205 e. The summed E-state index contributed by atoms with van der Waals surface area (Å²) in [6.45, 7) is 2.03. The van der Waals surface area contributed by atoms with E-state index in [0.29, 0.717) is 0 Å². The number of aryl methyl sites for hydroxylation is 1. The lowest BCUT2D eigenvalue weighted by Crippen LogP contribution is -2.11. The standard InChI is InChI=1S/C12H12IN3S/c1-9-8-17-12(14-2)16(9)15-7-10-5-3-4-6-11(10)13/h3-8H,1-2H3/b14-12?,15-7+. The Balaban J connectivity index is 2.39. The van der Waals surface area contributed by atoms with Crippen molar-refractivity contribution in [3.8, 4) is 0 Å². The molecule has 0 aliphatic carbocycles. The lowest BCUT2D eigenvalue weighted by atomic mass is 10.2. The van der Waals surface area contributed by atoms with Gasteiger partial charge in [0.2, 0.25) is 4.80 Å². The van der Waals surface area contributed by atoms with Crippen LogP contribution in [0.25, 0.3) is 0 Å². The van der Waals surface area contributed by atoms with Gasteiger partial charge in [0.05, 0.1) is 11.9 Å². The molecular formula is C12H12IN3S. The second-order valence-corrected chi connectivity index (χ2v) is 5.46. The highest BCUT2D eigenvalue weighted by Gasteiger charge is 1.98. The van der Waals surface area contributed by atoms with Crippen molar-refractivity contribution in [3.63, 3.8) is 0 Å². The zero-order valence-electron chi connectivity index (χ0n) is 9.59. The number of hydrogen-bond donors (Lipinski definition) is 0. The monoisotopic (exact) mass is 357 g/mol. The first kappa shape index (κ1) is 12.5. The number of thiazole rings is 1. The summed E-state index contributed by atoms with van der Waals surface area (Å²) in [6.07, 6.45) is 1.87. The molecule has 2 aromatic rings. The molecular weight excluding hydrogens is 345 g/mol. The second kappa shape index (κ2) is 5.59. The van der Waals surface area contributed by atoms with Crippen LogP contribution in [0, 0.1) is 10.5 Å². The van der Waals surface area contributed by atoms with Crippen molar-refractivity contribution in [3.05, 3.63) is 49.3 Å². The first-order valence-corrected chi connectivity index (χ1v) is 7.07. The van der Waals surface area contributed by atoms with E-state index in [-0.39, 0.29) is 0 Å². The number of benzene rings is 1. The number of aromatic nitrogens is 1. The van der Waals surface area contributed by atoms with E-state index in [1.807, 2.05) is 29.9 Å². The fraction of sp³-hybridized carbons (Fsp3) is 0.167. The molecule has 1 aromatic heterocycles. The first-order chi connectivity index (χ1) is 8.22. The van der Waals surface area contributed by atoms with Crippen molar-refractivity contribution in [2.45, 2.75) is 6.92 Å². The molecule has 0 bridgehead atoms. The minimum Gasteiger partial charge on any atom is -0.261 e. The molecule has 88 valence electrons. The van der Waals surface area contributed by atoms with Crippen molar-refractivity contribution in [1.82, 2.24) is 4.68 Å². The Morgan fingerprint density at radius 1 is 1.35 bits per heavy atom. The summed E-state index contributed by atoms with van der Waals surface area (Å²) in [4.78, 5) is 5.10. The highest BCUT2D eigenvalue weighted by atomic mass is 127. The summed E-state index contributed by atoms with van der Waals surface area (Å²) in [5.41, 5.74) is 2.21. The summed E-state index contributed by atoms with van der Waals surface area (Å²) >= 11 is 3.90. The largest absolute Gasteiger partial charge is 0.261 e. The topological polar surface area (TPSA) is 29.6 Å². The average molecular weight is 357 g/mol. The molecule has 5 heteroatoms. The van der Waals surface area contributed by atoms with E-state index in [1.165, 1.54) is 3.57 Å². The number of halogens is 1. The van der Waals surface area contributed by atoms with Gasteiger partial charge in [-0.15, -0.1) is 11.3 Å². The highest BCUT2D eigenvalue weighted by molar-refractivity contribution is 14.1. The van der Waals surface area contributed by atoms with Crippen LogP contribution in [-0.2, 0) is 0 Å². The Hall–Kier alpha value is -0.950. The summed E-state index contributed by atoms with van der Waals surface area (Å²) in [7, 11) is 1.78. The summed E-state index contributed by atoms with van der Waals surface area (Å²) in [5, 5.41) is 6.52. The van der Waals surface area contributed by atoms with E-state index < -0.39 is 0 Å². The Labute approximate surface area is 118 Å². The maximum absolute atomic E-state index is 4.47. The molecule has 17 heavy (non-hydrogen) atoms. The molecule has 0 radical (unpaired) electrons. The first-order valence-electron chi connectivity index (χ1n) is 5.11. The van der Waals surface area contributed by atoms with Gasteiger partial charge in [0.15, 0.2) is 0 Å². The Kier molecular flexibility index (Phi) is 4.11. The van der Waals surface area contributed by atoms with Crippen molar-refractivity contribution in [2.24, 2.45) is 10.1 Å². The van der Waals surface area contributed by atoms with Crippen molar-refractivity contribution >= 4 is 40.1 Å². The fourth-order valence-corrected chi connectivity index (χ4v) is 2.68. The predicted octanol–water partition coefficient (Wildman–Crippen LogP) is 2.88. The summed E-state index contributed by atoms with van der Waals surface area (Å²) in [5.74, 6) is 0. The highest BCUT2D eigenvalue weighted by Crippen LogP contribution is 2.09. The van der Waals surface area contributed by atoms with Gasteiger partial charge in [0.1, 0.15) is 0 Å². The van der Waals surface area contributed by atoms with Crippen LogP contribution in [0.2, 0.25) is 0 Å². The van der Waals surface area contributed by atoms with Gasteiger partial charge in [0, 0.05) is 21.6 Å². The quantitative estimate of drug-likeness (QED) is 0.585. The molecule has 0 aliphatic heterocycles. The molecule has 3 nitrogen and oxygen atoms in total. The normalized spacial score (nSPS) is 12.5. The maximum atomic E-state index is 4.47. The lowest BCUT2D eigenvalue weighted by molar-refractivity contribution is 0.805. The Bertz CT molecular complexity index is 610. The number of nitrogens with zero attached hydrogens (tertiary/aromatic N) is 3. The lowest BCUT2D eigenvalue weighted by Gasteiger charge is -1.99. The van der Waals surface area contributed by atoms with Crippen molar-refractivity contribution < 1.29 is 0 Å². The van der Waals surface area contributed by atoms with Gasteiger partial charge < -0.3 is 0 Å². The van der Waals surface area contributed by atoms with E-state index in [9.17, 15) is 0 Å². The van der Waals surface area contributed by atoms with Crippen molar-refractivity contribution in [2.75, 3.05) is 7.05 Å². The third kappa shape index (κ3) is 2.84. The summed E-state index contributed by atoms with van der Waals surface area (Å²) in [6, 6.07) is 8.16. The molecule has 0 fully saturated rings. The van der Waals surface area contributed by atoms with E-state index in [4.69, 9.17) is 0 Å². The average Bonchev–Trinajstić information content (AvgIpc) is 2.69. The number of rotatable bonds is 2. The van der Waals surface area contributed by atoms with E-state index >= 15 is 0 Å². The second-order valence-electron chi connectivity index (χ2n) is 3.46. The zero-order valence-corrected chi connectivity index (χ0v) is 12.6. The molecule has 0 amide bonds. The van der Waals surface area contributed by atoms with Crippen LogP contribution in [-0.4, -0.2) is 17.9 Å². The molecule has 1 aromatic carbocycles. The molecule has 0 atom stereocenters. The van der Waals surface area contributed by atoms with Gasteiger partial charge in [-0.25, -0.2) is 4.68 Å². The van der Waals surface area contributed by atoms with Crippen LogP contribution >= 0.6 is 33.9 Å². The molecule has 0 N–H and O–H groups in total. The van der Waals surface area contributed by atoms with E-state index in [0.717, 1.165) is 16.1 Å². The molecule has 1 heterocycles. The minimum absolute atomic E-state index is 0.907. The van der Waals surface area contributed by atoms with Crippen molar-refractivity contribution in [1.29, 1.82) is 0 Å². The minimum atomic E-state index is 0.907. The van der Waals surface area contributed by atoms with Gasteiger partial charge in [-0.3, -0.25) is 4.99 Å². The van der Waals surface area contributed by atoms with E-state index in [2.05, 4.69) is 50.2 Å². The van der Waals surface area contributed by atoms with Crippen LogP contribution in [0.15, 0.2) is 39.7 Å². The van der Waals surface area contributed by atoms with Gasteiger partial charge >= 0.3 is 0 Å². The fourth-order valence-electron chi connectivity index (χ4n) is 1.38. The Morgan fingerprint density at radius 2 is 2.12 bits per heavy atom. The molecule has 0 aliphatic rings. The van der Waals surface area contributed by atoms with Crippen LogP contribution < -0.4 is 4.80 Å².